The smallest absolute Gasteiger partial charge is 0.274 e. The van der Waals surface area contributed by atoms with Gasteiger partial charge in [0, 0.05) is 31.7 Å². The number of carbonyl (C=O) groups is 1. The average molecular weight is 212 g/mol. The summed E-state index contributed by atoms with van der Waals surface area (Å²) in [6.45, 7) is 2.02. The van der Waals surface area contributed by atoms with Gasteiger partial charge in [-0.1, -0.05) is 4.49 Å². The number of anilines is 1. The van der Waals surface area contributed by atoms with Crippen LogP contribution in [-0.4, -0.2) is 35.6 Å². The number of nitrogens with zero attached hydrogens (tertiary/aromatic N) is 3. The summed E-state index contributed by atoms with van der Waals surface area (Å²) >= 11 is 1.29. The maximum Gasteiger partial charge on any atom is 0.274 e. The van der Waals surface area contributed by atoms with Crippen LogP contribution in [0.15, 0.2) is 0 Å². The lowest BCUT2D eigenvalue weighted by Gasteiger charge is -2.14. The highest BCUT2D eigenvalue weighted by Crippen LogP contribution is 2.26. The summed E-state index contributed by atoms with van der Waals surface area (Å²) in [5.41, 5.74) is 0.458. The Kier molecular flexibility index (Phi) is 2.62. The van der Waals surface area contributed by atoms with Crippen LogP contribution >= 0.6 is 11.5 Å². The molecule has 2 heterocycles. The molecule has 6 heteroatoms. The summed E-state index contributed by atoms with van der Waals surface area (Å²) in [5.74, 6) is -0.152. The molecule has 76 valence electrons. The molecule has 1 saturated heterocycles. The van der Waals surface area contributed by atoms with Crippen LogP contribution < -0.4 is 10.2 Å². The van der Waals surface area contributed by atoms with Crippen molar-refractivity contribution in [2.45, 2.75) is 12.8 Å². The summed E-state index contributed by atoms with van der Waals surface area (Å²) in [6, 6.07) is 0. The van der Waals surface area contributed by atoms with Crippen LogP contribution in [0.1, 0.15) is 23.3 Å². The van der Waals surface area contributed by atoms with E-state index in [-0.39, 0.29) is 5.91 Å². The second kappa shape index (κ2) is 3.91. The van der Waals surface area contributed by atoms with E-state index in [0.29, 0.717) is 5.69 Å². The Morgan fingerprint density at radius 2 is 2.21 bits per heavy atom. The number of rotatable bonds is 2. The Hall–Kier alpha value is -1.17. The van der Waals surface area contributed by atoms with Gasteiger partial charge in [0.2, 0.25) is 0 Å². The van der Waals surface area contributed by atoms with Crippen molar-refractivity contribution in [2.24, 2.45) is 0 Å². The molecule has 0 bridgehead atoms. The highest BCUT2D eigenvalue weighted by atomic mass is 32.1. The Balaban J connectivity index is 2.24. The van der Waals surface area contributed by atoms with E-state index in [1.165, 1.54) is 24.4 Å². The van der Waals surface area contributed by atoms with Crippen LogP contribution in [-0.2, 0) is 0 Å². The first-order valence-electron chi connectivity index (χ1n) is 4.62. The lowest BCUT2D eigenvalue weighted by molar-refractivity contribution is 0.0958. The molecule has 1 amide bonds. The number of amides is 1. The third-order valence-corrected chi connectivity index (χ3v) is 3.09. The van der Waals surface area contributed by atoms with Gasteiger partial charge >= 0.3 is 0 Å². The molecule has 0 radical (unpaired) electrons. The Bertz CT molecular complexity index is 332. The molecule has 0 spiro atoms. The van der Waals surface area contributed by atoms with Gasteiger partial charge in [0.05, 0.1) is 0 Å². The molecule has 14 heavy (non-hydrogen) atoms. The van der Waals surface area contributed by atoms with Crippen molar-refractivity contribution >= 4 is 22.4 Å². The van der Waals surface area contributed by atoms with E-state index in [2.05, 4.69) is 19.8 Å². The van der Waals surface area contributed by atoms with Crippen molar-refractivity contribution in [3.05, 3.63) is 5.69 Å². The fourth-order valence-electron chi connectivity index (χ4n) is 1.57. The summed E-state index contributed by atoms with van der Waals surface area (Å²) in [6.07, 6.45) is 2.37. The van der Waals surface area contributed by atoms with Crippen LogP contribution in [0, 0.1) is 0 Å². The fourth-order valence-corrected chi connectivity index (χ4v) is 2.29. The summed E-state index contributed by atoms with van der Waals surface area (Å²) in [5, 5.41) is 7.32. The normalized spacial score (nSPS) is 15.9. The van der Waals surface area contributed by atoms with E-state index >= 15 is 0 Å². The van der Waals surface area contributed by atoms with Gasteiger partial charge in [-0.15, -0.1) is 5.10 Å². The topological polar surface area (TPSA) is 58.1 Å². The maximum absolute atomic E-state index is 11.4. The standard InChI is InChI=1S/C8H12N4OS/c1-9-7(13)6-8(14-11-10-6)12-4-2-3-5-12/h2-5H2,1H3,(H,9,13). The van der Waals surface area contributed by atoms with Crippen molar-refractivity contribution in [1.29, 1.82) is 0 Å². The Morgan fingerprint density at radius 1 is 1.50 bits per heavy atom. The molecule has 0 aliphatic carbocycles. The predicted octanol–water partition coefficient (Wildman–Crippen LogP) is 0.498. The molecule has 2 rings (SSSR count). The van der Waals surface area contributed by atoms with Crippen molar-refractivity contribution in [3.63, 3.8) is 0 Å². The summed E-state index contributed by atoms with van der Waals surface area (Å²) in [7, 11) is 1.61. The first kappa shape index (κ1) is 9.39. The minimum atomic E-state index is -0.152. The molecule has 1 aliphatic heterocycles. The second-order valence-corrected chi connectivity index (χ2v) is 3.93. The first-order valence-corrected chi connectivity index (χ1v) is 5.39. The zero-order chi connectivity index (χ0) is 9.97. The van der Waals surface area contributed by atoms with Crippen molar-refractivity contribution in [3.8, 4) is 0 Å². The zero-order valence-electron chi connectivity index (χ0n) is 7.99. The van der Waals surface area contributed by atoms with Gasteiger partial charge in [-0.25, -0.2) is 0 Å². The number of hydrogen-bond acceptors (Lipinski definition) is 5. The molecule has 0 unspecified atom stereocenters. The number of nitrogens with one attached hydrogen (secondary N) is 1. The van der Waals surface area contributed by atoms with Gasteiger partial charge < -0.3 is 10.2 Å². The molecular weight excluding hydrogens is 200 g/mol. The first-order chi connectivity index (χ1) is 6.83. The monoisotopic (exact) mass is 212 g/mol. The highest BCUT2D eigenvalue weighted by Gasteiger charge is 2.22. The van der Waals surface area contributed by atoms with Crippen LogP contribution in [0.3, 0.4) is 0 Å². The Morgan fingerprint density at radius 3 is 2.86 bits per heavy atom. The average Bonchev–Trinajstić information content (AvgIpc) is 2.85. The molecular formula is C8H12N4OS. The number of carbonyl (C=O) groups excluding carboxylic acids is 1. The summed E-state index contributed by atoms with van der Waals surface area (Å²) < 4.78 is 3.82. The third-order valence-electron chi connectivity index (χ3n) is 2.31. The van der Waals surface area contributed by atoms with Gasteiger partial charge in [0.1, 0.15) is 5.00 Å². The molecule has 1 aromatic rings. The van der Waals surface area contributed by atoms with Crippen LogP contribution in [0.5, 0.6) is 0 Å². The van der Waals surface area contributed by atoms with Gasteiger partial charge in [0.15, 0.2) is 5.69 Å². The molecule has 1 fully saturated rings. The van der Waals surface area contributed by atoms with Crippen LogP contribution in [0.25, 0.3) is 0 Å². The third kappa shape index (κ3) is 1.57. The van der Waals surface area contributed by atoms with Gasteiger partial charge in [-0.2, -0.15) is 0 Å². The molecule has 0 atom stereocenters. The molecule has 0 aromatic carbocycles. The van der Waals surface area contributed by atoms with E-state index in [1.54, 1.807) is 7.05 Å². The molecule has 1 aromatic heterocycles. The van der Waals surface area contributed by atoms with Gasteiger partial charge in [0.25, 0.3) is 5.91 Å². The minimum absolute atomic E-state index is 0.152. The second-order valence-electron chi connectivity index (χ2n) is 3.20. The fraction of sp³-hybridized carbons (Fsp3) is 0.625. The largest absolute Gasteiger partial charge is 0.360 e. The van der Waals surface area contributed by atoms with Gasteiger partial charge in [-0.3, -0.25) is 4.79 Å². The predicted molar refractivity (Wildman–Crippen MR) is 54.7 cm³/mol. The number of hydrogen-bond donors (Lipinski definition) is 1. The maximum atomic E-state index is 11.4. The highest BCUT2D eigenvalue weighted by molar-refractivity contribution is 7.10. The SMILES string of the molecule is CNC(=O)c1nnsc1N1CCCC1. The number of aromatic nitrogens is 2. The van der Waals surface area contributed by atoms with Crippen LogP contribution in [0.4, 0.5) is 5.00 Å². The van der Waals surface area contributed by atoms with E-state index in [0.717, 1.165) is 18.1 Å². The van der Waals surface area contributed by atoms with Crippen molar-refractivity contribution in [2.75, 3.05) is 25.0 Å². The van der Waals surface area contributed by atoms with E-state index < -0.39 is 0 Å². The molecule has 5 nitrogen and oxygen atoms in total. The molecule has 1 N–H and O–H groups in total. The van der Waals surface area contributed by atoms with Gasteiger partial charge in [-0.05, 0) is 12.8 Å². The van der Waals surface area contributed by atoms with E-state index in [1.807, 2.05) is 0 Å². The van der Waals surface area contributed by atoms with Crippen LogP contribution in [0.2, 0.25) is 0 Å². The van der Waals surface area contributed by atoms with Crippen molar-refractivity contribution < 1.29 is 4.79 Å². The van der Waals surface area contributed by atoms with E-state index in [4.69, 9.17) is 0 Å². The minimum Gasteiger partial charge on any atom is -0.360 e. The summed E-state index contributed by atoms with van der Waals surface area (Å²) in [4.78, 5) is 13.6. The Labute approximate surface area is 86.3 Å². The quantitative estimate of drug-likeness (QED) is 0.775. The molecule has 1 aliphatic rings. The lowest BCUT2D eigenvalue weighted by atomic mass is 10.4. The van der Waals surface area contributed by atoms with E-state index in [9.17, 15) is 4.79 Å². The lowest BCUT2D eigenvalue weighted by Crippen LogP contribution is -2.24. The van der Waals surface area contributed by atoms with Crippen molar-refractivity contribution in [1.82, 2.24) is 14.9 Å². The zero-order valence-corrected chi connectivity index (χ0v) is 8.80. The molecule has 0 saturated carbocycles.